The minimum atomic E-state index is -1.21. The maximum atomic E-state index is 8.35. The molecule has 0 heterocycles. The minimum absolute atomic E-state index is 0.347. The van der Waals surface area contributed by atoms with E-state index in [1.165, 1.54) is 0 Å². The van der Waals surface area contributed by atoms with Crippen LogP contribution in [0.4, 0.5) is 0 Å². The van der Waals surface area contributed by atoms with E-state index in [-0.39, 0.29) is 3.73 Å². The van der Waals surface area contributed by atoms with Crippen LogP contribution in [0.3, 0.4) is 0 Å². The smallest absolute Gasteiger partial charge is 0.222 e. The van der Waals surface area contributed by atoms with Gasteiger partial charge in [-0.2, -0.15) is 0 Å². The van der Waals surface area contributed by atoms with Gasteiger partial charge in [0.2, 0.25) is 12.2 Å². The van der Waals surface area contributed by atoms with E-state index < -0.39 is 2.69 Å². The zero-order valence-electron chi connectivity index (χ0n) is 6.60. The van der Waals surface area contributed by atoms with Gasteiger partial charge in [-0.05, 0) is 0 Å². The van der Waals surface area contributed by atoms with Crippen LogP contribution in [0.5, 0.6) is 0 Å². The average molecular weight is 446 g/mol. The first kappa shape index (κ1) is 25.2. The van der Waals surface area contributed by atoms with Gasteiger partial charge in [-0.25, -0.2) is 20.4 Å². The molecule has 11 heteroatoms. The number of halogens is 5. The Morgan fingerprint density at radius 2 is 1.07 bits per heavy atom. The number of rotatable bonds is 0. The zero-order valence-corrected chi connectivity index (χ0v) is 13.8. The van der Waals surface area contributed by atoms with Gasteiger partial charge in [-0.3, -0.25) is 0 Å². The number of hydrogen-bond donors (Lipinski definition) is 2. The third kappa shape index (κ3) is 1720. The predicted molar refractivity (Wildman–Crippen MR) is 64.1 cm³/mol. The van der Waals surface area contributed by atoms with Crippen LogP contribution >= 0.6 is 58.0 Å². The second kappa shape index (κ2) is 20.6. The molecule has 88 valence electrons. The SMILES string of the molecule is ClC(Cl)(Cl)[Se].ClC(Cl)[Se].N=C=O.N=C=O. The van der Waals surface area contributed by atoms with Crippen molar-refractivity contribution in [3.8, 4) is 0 Å². The van der Waals surface area contributed by atoms with E-state index in [4.69, 9.17) is 78.4 Å². The summed E-state index contributed by atoms with van der Waals surface area (Å²) in [6, 6.07) is 0. The maximum Gasteiger partial charge on any atom is 0.231 e. The molecule has 0 aromatic carbocycles. The van der Waals surface area contributed by atoms with Gasteiger partial charge in [0.15, 0.2) is 0 Å². The first-order valence-corrected chi connectivity index (χ1v) is 6.20. The van der Waals surface area contributed by atoms with Gasteiger partial charge in [-0.15, -0.1) is 0 Å². The Hall–Kier alpha value is 1.25. The molecule has 0 aromatic rings. The van der Waals surface area contributed by atoms with E-state index in [0.29, 0.717) is 0 Å². The molecular formula is C4H3Cl5N2O2Se2. The second-order valence-electron chi connectivity index (χ2n) is 0.911. The summed E-state index contributed by atoms with van der Waals surface area (Å²) in [5.74, 6) is 0. The Labute approximate surface area is 128 Å². The molecule has 2 radical (unpaired) electrons. The van der Waals surface area contributed by atoms with Crippen molar-refractivity contribution >= 4 is 102 Å². The van der Waals surface area contributed by atoms with E-state index in [0.717, 1.165) is 12.2 Å². The Morgan fingerprint density at radius 1 is 1.07 bits per heavy atom. The summed E-state index contributed by atoms with van der Waals surface area (Å²) in [5, 5.41) is 10.8. The quantitative estimate of drug-likeness (QED) is 0.259. The van der Waals surface area contributed by atoms with Crippen LogP contribution in [0.2, 0.25) is 0 Å². The van der Waals surface area contributed by atoms with Crippen molar-refractivity contribution in [2.24, 2.45) is 0 Å². The van der Waals surface area contributed by atoms with Crippen molar-refractivity contribution in [2.75, 3.05) is 0 Å². The van der Waals surface area contributed by atoms with Gasteiger partial charge < -0.3 is 0 Å². The Bertz CT molecular complexity index is 165. The fraction of sp³-hybridized carbons (Fsp3) is 0.500. The predicted octanol–water partition coefficient (Wildman–Crippen LogP) is 2.20. The van der Waals surface area contributed by atoms with E-state index in [2.05, 4.69) is 32.0 Å². The molecule has 0 amide bonds. The third-order valence-electron chi connectivity index (χ3n) is 0. The number of alkyl halides is 5. The molecule has 0 aliphatic rings. The summed E-state index contributed by atoms with van der Waals surface area (Å²) in [6.07, 6.45) is 1.50. The van der Waals surface area contributed by atoms with E-state index in [1.54, 1.807) is 0 Å². The number of carbonyl (C=O) groups excluding carboxylic acids is 2. The van der Waals surface area contributed by atoms with Crippen LogP contribution in [0.15, 0.2) is 0 Å². The summed E-state index contributed by atoms with van der Waals surface area (Å²) in [5.41, 5.74) is 0. The number of nitrogens with one attached hydrogen (secondary N) is 2. The molecule has 0 rings (SSSR count). The van der Waals surface area contributed by atoms with Crippen molar-refractivity contribution in [2.45, 2.75) is 6.43 Å². The van der Waals surface area contributed by atoms with Gasteiger partial charge in [-0.1, -0.05) is 0 Å². The summed E-state index contributed by atoms with van der Waals surface area (Å²) in [6.45, 7) is 0. The molecule has 0 bridgehead atoms. The monoisotopic (exact) mass is 446 g/mol. The molecule has 0 atom stereocenters. The summed E-state index contributed by atoms with van der Waals surface area (Å²) >= 11 is 29.7. The minimum Gasteiger partial charge on any atom is -0.222 e. The molecule has 4 nitrogen and oxygen atoms in total. The van der Waals surface area contributed by atoms with E-state index >= 15 is 0 Å². The first-order valence-electron chi connectivity index (χ1n) is 2.35. The number of isocyanates is 2. The summed E-state index contributed by atoms with van der Waals surface area (Å²) in [4.78, 5) is 16.7. The maximum absolute atomic E-state index is 8.35. The second-order valence-corrected chi connectivity index (χ2v) is 9.26. The van der Waals surface area contributed by atoms with Gasteiger partial charge in [0, 0.05) is 0 Å². The molecule has 0 saturated carbocycles. The first-order chi connectivity index (χ1) is 6.56. The van der Waals surface area contributed by atoms with E-state index in [9.17, 15) is 0 Å². The molecule has 0 saturated heterocycles. The van der Waals surface area contributed by atoms with Crippen LogP contribution in [0, 0.1) is 10.8 Å². The van der Waals surface area contributed by atoms with E-state index in [1.807, 2.05) is 0 Å². The molecular weight excluding hydrogens is 443 g/mol. The Kier molecular flexibility index (Phi) is 34.6. The molecule has 15 heavy (non-hydrogen) atoms. The molecule has 2 N–H and O–H groups in total. The molecule has 0 spiro atoms. The van der Waals surface area contributed by atoms with Gasteiger partial charge >= 0.3 is 96.5 Å². The van der Waals surface area contributed by atoms with Gasteiger partial charge in [0.05, 0.1) is 0 Å². The zero-order chi connectivity index (χ0) is 13.5. The summed E-state index contributed by atoms with van der Waals surface area (Å²) in [7, 11) is 0. The normalized spacial score (nSPS) is 7.47. The van der Waals surface area contributed by atoms with Crippen molar-refractivity contribution in [3.05, 3.63) is 0 Å². The number of hydrogen-bond acceptors (Lipinski definition) is 4. The van der Waals surface area contributed by atoms with Crippen LogP contribution in [-0.2, 0) is 9.59 Å². The van der Waals surface area contributed by atoms with Crippen molar-refractivity contribution < 1.29 is 9.59 Å². The molecule has 0 aromatic heterocycles. The van der Waals surface area contributed by atoms with Crippen LogP contribution in [0.1, 0.15) is 0 Å². The van der Waals surface area contributed by atoms with Gasteiger partial charge in [0.1, 0.15) is 0 Å². The topological polar surface area (TPSA) is 81.8 Å². The van der Waals surface area contributed by atoms with Crippen LogP contribution < -0.4 is 0 Å². The average Bonchev–Trinajstić information content (AvgIpc) is 1.82. The van der Waals surface area contributed by atoms with Crippen molar-refractivity contribution in [3.63, 3.8) is 0 Å². The molecule has 0 fully saturated rings. The van der Waals surface area contributed by atoms with Gasteiger partial charge in [0.25, 0.3) is 0 Å². The van der Waals surface area contributed by atoms with Crippen molar-refractivity contribution in [1.82, 2.24) is 0 Å². The van der Waals surface area contributed by atoms with Crippen LogP contribution in [-0.4, -0.2) is 50.6 Å². The molecule has 0 aliphatic heterocycles. The summed E-state index contributed by atoms with van der Waals surface area (Å²) < 4.78 is -1.56. The fourth-order valence-electron chi connectivity index (χ4n) is 0. The Balaban J connectivity index is -0.0000000553. The standard InChI is InChI=1S/CCl3Se.CHCl2Se.2CHNO/c2-1(3,4)5;2-1(3)4;2*2-1-3/h;1H;2*2H. The fourth-order valence-corrected chi connectivity index (χ4v) is 0. The Morgan fingerprint density at radius 3 is 1.07 bits per heavy atom. The van der Waals surface area contributed by atoms with Crippen molar-refractivity contribution in [1.29, 1.82) is 10.8 Å². The largest absolute Gasteiger partial charge is 0.231 e. The third-order valence-corrected chi connectivity index (χ3v) is 0. The van der Waals surface area contributed by atoms with Crippen LogP contribution in [0.25, 0.3) is 0 Å². The molecule has 0 unspecified atom stereocenters. The molecule has 0 aliphatic carbocycles.